The van der Waals surface area contributed by atoms with Crippen LogP contribution in [0.4, 0.5) is 5.82 Å². The maximum absolute atomic E-state index is 12.6. The van der Waals surface area contributed by atoms with Crippen molar-refractivity contribution in [3.8, 4) is 10.9 Å². The molecule has 0 aromatic carbocycles. The van der Waals surface area contributed by atoms with Crippen LogP contribution in [0.1, 0.15) is 15.4 Å². The smallest absolute Gasteiger partial charge is 0.268 e. The number of anilines is 1. The fourth-order valence-electron chi connectivity index (χ4n) is 2.29. The normalized spacial score (nSPS) is 10.8. The van der Waals surface area contributed by atoms with Crippen LogP contribution in [0.2, 0.25) is 0 Å². The van der Waals surface area contributed by atoms with E-state index in [1.54, 1.807) is 29.4 Å². The topological polar surface area (TPSA) is 90.5 Å². The van der Waals surface area contributed by atoms with E-state index in [4.69, 9.17) is 0 Å². The Balaban J connectivity index is 1.58. The minimum absolute atomic E-state index is 0.247. The molecule has 25 heavy (non-hydrogen) atoms. The first-order valence-corrected chi connectivity index (χ1v) is 8.25. The molecule has 4 aromatic rings. The molecule has 0 saturated heterocycles. The van der Waals surface area contributed by atoms with Gasteiger partial charge in [-0.3, -0.25) is 9.36 Å². The third-order valence-corrected chi connectivity index (χ3v) is 4.65. The number of aryl methyl sites for hydroxylation is 1. The van der Waals surface area contributed by atoms with E-state index < -0.39 is 0 Å². The second-order valence-corrected chi connectivity index (χ2v) is 6.16. The van der Waals surface area contributed by atoms with Crippen LogP contribution >= 0.6 is 11.3 Å². The van der Waals surface area contributed by atoms with Crippen LogP contribution in [0.5, 0.6) is 0 Å². The number of thiazole rings is 1. The maximum Gasteiger partial charge on any atom is 0.268 e. The molecule has 0 bridgehead atoms. The molecule has 8 nitrogen and oxygen atoms in total. The summed E-state index contributed by atoms with van der Waals surface area (Å²) in [6.07, 6.45) is 10.2. The Labute approximate surface area is 146 Å². The van der Waals surface area contributed by atoms with Gasteiger partial charge in [-0.05, 0) is 19.1 Å². The van der Waals surface area contributed by atoms with Gasteiger partial charge < -0.3 is 9.88 Å². The minimum atomic E-state index is -0.247. The number of aromatic nitrogens is 6. The van der Waals surface area contributed by atoms with Gasteiger partial charge in [-0.2, -0.15) is 0 Å². The quantitative estimate of drug-likeness (QED) is 0.610. The summed E-state index contributed by atoms with van der Waals surface area (Å²) >= 11 is 1.33. The van der Waals surface area contributed by atoms with Gasteiger partial charge in [-0.15, -0.1) is 0 Å². The van der Waals surface area contributed by atoms with E-state index in [1.807, 2.05) is 36.0 Å². The lowest BCUT2D eigenvalue weighted by atomic mass is 10.3. The Kier molecular flexibility index (Phi) is 3.82. The number of hydrogen-bond acceptors (Lipinski definition) is 6. The van der Waals surface area contributed by atoms with Crippen LogP contribution in [0.3, 0.4) is 0 Å². The molecule has 4 rings (SSSR count). The molecule has 0 spiro atoms. The summed E-state index contributed by atoms with van der Waals surface area (Å²) in [4.78, 5) is 29.8. The van der Waals surface area contributed by atoms with E-state index in [-0.39, 0.29) is 5.91 Å². The highest BCUT2D eigenvalue weighted by molar-refractivity contribution is 7.16. The summed E-state index contributed by atoms with van der Waals surface area (Å²) in [5, 5.41) is 3.54. The third-order valence-electron chi connectivity index (χ3n) is 3.48. The fraction of sp³-hybridized carbons (Fsp3) is 0.0625. The summed E-state index contributed by atoms with van der Waals surface area (Å²) in [6, 6.07) is 5.51. The molecule has 0 fully saturated rings. The molecular formula is C16H13N7OS. The van der Waals surface area contributed by atoms with Crippen molar-refractivity contribution in [1.82, 2.24) is 29.1 Å². The van der Waals surface area contributed by atoms with Crippen molar-refractivity contribution in [2.45, 2.75) is 6.92 Å². The highest BCUT2D eigenvalue weighted by Crippen LogP contribution is 2.22. The molecule has 0 aliphatic rings. The summed E-state index contributed by atoms with van der Waals surface area (Å²) in [6.45, 7) is 1.81. The van der Waals surface area contributed by atoms with Crippen molar-refractivity contribution in [1.29, 1.82) is 0 Å². The Morgan fingerprint density at radius 1 is 1.16 bits per heavy atom. The van der Waals surface area contributed by atoms with Gasteiger partial charge in [0.15, 0.2) is 5.13 Å². The van der Waals surface area contributed by atoms with Gasteiger partial charge >= 0.3 is 0 Å². The predicted octanol–water partition coefficient (Wildman–Crippen LogP) is 2.47. The molecule has 0 saturated carbocycles. The van der Waals surface area contributed by atoms with Gasteiger partial charge in [0.2, 0.25) is 0 Å². The number of rotatable bonds is 4. The number of carbonyl (C=O) groups is 1. The van der Waals surface area contributed by atoms with Crippen molar-refractivity contribution in [2.24, 2.45) is 0 Å². The Morgan fingerprint density at radius 2 is 2.00 bits per heavy atom. The number of nitrogens with zero attached hydrogens (tertiary/aromatic N) is 6. The second-order valence-electron chi connectivity index (χ2n) is 5.19. The molecule has 0 radical (unpaired) electrons. The third kappa shape index (κ3) is 3.04. The highest BCUT2D eigenvalue weighted by Gasteiger charge is 2.17. The van der Waals surface area contributed by atoms with Crippen LogP contribution in [0, 0.1) is 6.92 Å². The first kappa shape index (κ1) is 15.2. The standard InChI is InChI=1S/C16H13N7OS/c1-11-14(25-16(20-11)22-5-2-3-6-22)15(24)21-12-8-13(19-9-18-12)23-7-4-17-10-23/h2-10H,1H3,(H,18,19,21,24). The second kappa shape index (κ2) is 6.29. The average molecular weight is 351 g/mol. The zero-order valence-electron chi connectivity index (χ0n) is 13.2. The van der Waals surface area contributed by atoms with E-state index in [0.29, 0.717) is 22.2 Å². The van der Waals surface area contributed by atoms with E-state index in [9.17, 15) is 4.79 Å². The fourth-order valence-corrected chi connectivity index (χ4v) is 3.22. The lowest BCUT2D eigenvalue weighted by Crippen LogP contribution is -2.13. The van der Waals surface area contributed by atoms with Crippen molar-refractivity contribution >= 4 is 23.1 Å². The zero-order chi connectivity index (χ0) is 17.2. The van der Waals surface area contributed by atoms with Gasteiger partial charge in [0.1, 0.15) is 29.2 Å². The molecule has 4 aromatic heterocycles. The predicted molar refractivity (Wildman–Crippen MR) is 93.3 cm³/mol. The number of imidazole rings is 1. The SMILES string of the molecule is Cc1nc(-n2cccc2)sc1C(=O)Nc1cc(-n2ccnc2)ncn1. The molecule has 0 aliphatic heterocycles. The van der Waals surface area contributed by atoms with E-state index in [1.165, 1.54) is 17.7 Å². The summed E-state index contributed by atoms with van der Waals surface area (Å²) in [7, 11) is 0. The summed E-state index contributed by atoms with van der Waals surface area (Å²) < 4.78 is 3.61. The van der Waals surface area contributed by atoms with Gasteiger partial charge in [0.25, 0.3) is 5.91 Å². The van der Waals surface area contributed by atoms with Crippen LogP contribution in [0.15, 0.2) is 55.6 Å². The molecule has 4 heterocycles. The first-order chi connectivity index (χ1) is 12.2. The average Bonchev–Trinajstić information content (AvgIpc) is 3.36. The van der Waals surface area contributed by atoms with Crippen molar-refractivity contribution < 1.29 is 4.79 Å². The van der Waals surface area contributed by atoms with Crippen LogP contribution < -0.4 is 5.32 Å². The molecule has 9 heteroatoms. The minimum Gasteiger partial charge on any atom is -0.306 e. The van der Waals surface area contributed by atoms with Crippen LogP contribution in [-0.2, 0) is 0 Å². The molecular weight excluding hydrogens is 338 g/mol. The Morgan fingerprint density at radius 3 is 2.76 bits per heavy atom. The monoisotopic (exact) mass is 351 g/mol. The first-order valence-electron chi connectivity index (χ1n) is 7.43. The Bertz CT molecular complexity index is 1010. The van der Waals surface area contributed by atoms with E-state index >= 15 is 0 Å². The lowest BCUT2D eigenvalue weighted by molar-refractivity contribution is 0.102. The number of hydrogen-bond donors (Lipinski definition) is 1. The van der Waals surface area contributed by atoms with Gasteiger partial charge in [-0.1, -0.05) is 11.3 Å². The zero-order valence-corrected chi connectivity index (χ0v) is 14.0. The molecule has 0 aliphatic carbocycles. The summed E-state index contributed by atoms with van der Waals surface area (Å²) in [5.74, 6) is 0.791. The largest absolute Gasteiger partial charge is 0.306 e. The van der Waals surface area contributed by atoms with Gasteiger partial charge in [-0.25, -0.2) is 19.9 Å². The molecule has 124 valence electrons. The van der Waals surface area contributed by atoms with E-state index in [2.05, 4.69) is 25.3 Å². The van der Waals surface area contributed by atoms with Gasteiger partial charge in [0.05, 0.1) is 5.69 Å². The molecule has 0 unspecified atom stereocenters. The molecule has 0 atom stereocenters. The van der Waals surface area contributed by atoms with Crippen molar-refractivity contribution in [3.05, 3.63) is 66.2 Å². The Hall–Kier alpha value is -3.33. The van der Waals surface area contributed by atoms with E-state index in [0.717, 1.165) is 5.13 Å². The van der Waals surface area contributed by atoms with Crippen LogP contribution in [-0.4, -0.2) is 35.0 Å². The molecule has 1 amide bonds. The number of amides is 1. The lowest BCUT2D eigenvalue weighted by Gasteiger charge is -2.05. The number of nitrogens with one attached hydrogen (secondary N) is 1. The number of carbonyl (C=O) groups excluding carboxylic acids is 1. The maximum atomic E-state index is 12.6. The van der Waals surface area contributed by atoms with Gasteiger partial charge in [0, 0.05) is 30.9 Å². The van der Waals surface area contributed by atoms with Crippen molar-refractivity contribution in [2.75, 3.05) is 5.32 Å². The summed E-state index contributed by atoms with van der Waals surface area (Å²) in [5.41, 5.74) is 0.676. The molecule has 1 N–H and O–H groups in total. The van der Waals surface area contributed by atoms with Crippen molar-refractivity contribution in [3.63, 3.8) is 0 Å². The van der Waals surface area contributed by atoms with Crippen LogP contribution in [0.25, 0.3) is 10.9 Å². The highest BCUT2D eigenvalue weighted by atomic mass is 32.1.